The molecule has 2 rings (SSSR count). The van der Waals surface area contributed by atoms with Gasteiger partial charge in [-0.3, -0.25) is 9.59 Å². The summed E-state index contributed by atoms with van der Waals surface area (Å²) in [5, 5.41) is 8.64. The lowest BCUT2D eigenvalue weighted by atomic mass is 10.2. The van der Waals surface area contributed by atoms with Crippen LogP contribution in [-0.4, -0.2) is 34.5 Å². The summed E-state index contributed by atoms with van der Waals surface area (Å²) in [6.07, 6.45) is 0. The molecule has 22 heavy (non-hydrogen) atoms. The van der Waals surface area contributed by atoms with Crippen molar-refractivity contribution in [3.8, 4) is 11.4 Å². The molecule has 0 aliphatic carbocycles. The van der Waals surface area contributed by atoms with Crippen molar-refractivity contribution in [2.45, 2.75) is 19.9 Å². The van der Waals surface area contributed by atoms with E-state index in [1.54, 1.807) is 0 Å². The minimum Gasteiger partial charge on any atom is -0.352 e. The van der Waals surface area contributed by atoms with Crippen LogP contribution in [0.1, 0.15) is 24.5 Å². The van der Waals surface area contributed by atoms with Crippen molar-refractivity contribution in [1.82, 2.24) is 20.8 Å². The van der Waals surface area contributed by atoms with E-state index in [0.717, 1.165) is 0 Å². The molecule has 8 heteroatoms. The molecule has 1 heterocycles. The molecule has 0 unspecified atom stereocenters. The van der Waals surface area contributed by atoms with E-state index in [2.05, 4.69) is 20.8 Å². The van der Waals surface area contributed by atoms with Crippen molar-refractivity contribution in [1.29, 1.82) is 0 Å². The minimum atomic E-state index is -0.653. The van der Waals surface area contributed by atoms with Crippen LogP contribution < -0.4 is 10.6 Å². The van der Waals surface area contributed by atoms with Crippen molar-refractivity contribution in [2.75, 3.05) is 6.54 Å². The lowest BCUT2D eigenvalue weighted by Gasteiger charge is -2.07. The van der Waals surface area contributed by atoms with Crippen molar-refractivity contribution < 1.29 is 18.5 Å². The first-order valence-corrected chi connectivity index (χ1v) is 6.63. The van der Waals surface area contributed by atoms with E-state index in [1.807, 2.05) is 13.8 Å². The predicted molar refractivity (Wildman–Crippen MR) is 75.3 cm³/mol. The van der Waals surface area contributed by atoms with Gasteiger partial charge in [-0.2, -0.15) is 4.98 Å². The molecular formula is C14H15FN4O3. The number of carbonyl (C=O) groups is 2. The SMILES string of the molecule is CC(C)NC(=O)CNC(=O)c1nc(-c2ccc(F)cc2)no1. The minimum absolute atomic E-state index is 0.0158. The summed E-state index contributed by atoms with van der Waals surface area (Å²) in [5.74, 6) is -1.46. The monoisotopic (exact) mass is 306 g/mol. The van der Waals surface area contributed by atoms with Gasteiger partial charge in [0.2, 0.25) is 11.7 Å². The van der Waals surface area contributed by atoms with Crippen LogP contribution in [0.25, 0.3) is 11.4 Å². The van der Waals surface area contributed by atoms with Gasteiger partial charge in [0.1, 0.15) is 5.82 Å². The molecule has 7 nitrogen and oxygen atoms in total. The zero-order chi connectivity index (χ0) is 16.1. The number of hydrogen-bond donors (Lipinski definition) is 2. The maximum atomic E-state index is 12.8. The zero-order valence-electron chi connectivity index (χ0n) is 12.1. The van der Waals surface area contributed by atoms with Crippen molar-refractivity contribution in [3.05, 3.63) is 36.0 Å². The number of carbonyl (C=O) groups excluding carboxylic acids is 2. The second kappa shape index (κ2) is 6.79. The number of nitrogens with zero attached hydrogens (tertiary/aromatic N) is 2. The van der Waals surface area contributed by atoms with E-state index in [9.17, 15) is 14.0 Å². The third-order valence-corrected chi connectivity index (χ3v) is 2.58. The molecule has 0 radical (unpaired) electrons. The second-order valence-corrected chi connectivity index (χ2v) is 4.83. The lowest BCUT2D eigenvalue weighted by molar-refractivity contribution is -0.120. The van der Waals surface area contributed by atoms with E-state index >= 15 is 0 Å². The normalized spacial score (nSPS) is 10.5. The smallest absolute Gasteiger partial charge is 0.316 e. The molecule has 0 fully saturated rings. The number of nitrogens with one attached hydrogen (secondary N) is 2. The van der Waals surface area contributed by atoms with Gasteiger partial charge in [-0.05, 0) is 38.1 Å². The summed E-state index contributed by atoms with van der Waals surface area (Å²) in [5.41, 5.74) is 0.516. The van der Waals surface area contributed by atoms with Gasteiger partial charge in [-0.1, -0.05) is 5.16 Å². The number of hydrogen-bond acceptors (Lipinski definition) is 5. The van der Waals surface area contributed by atoms with Crippen molar-refractivity contribution in [2.24, 2.45) is 0 Å². The molecule has 2 N–H and O–H groups in total. The largest absolute Gasteiger partial charge is 0.352 e. The maximum Gasteiger partial charge on any atom is 0.316 e. The Kier molecular flexibility index (Phi) is 4.82. The highest BCUT2D eigenvalue weighted by atomic mass is 19.1. The molecule has 0 saturated carbocycles. The number of benzene rings is 1. The van der Waals surface area contributed by atoms with Crippen LogP contribution in [0.4, 0.5) is 4.39 Å². The third-order valence-electron chi connectivity index (χ3n) is 2.58. The van der Waals surface area contributed by atoms with Crippen molar-refractivity contribution >= 4 is 11.8 Å². The molecule has 116 valence electrons. The van der Waals surface area contributed by atoms with E-state index in [-0.39, 0.29) is 36.0 Å². The molecule has 0 aliphatic rings. The molecule has 0 spiro atoms. The molecule has 1 aromatic heterocycles. The summed E-state index contributed by atoms with van der Waals surface area (Å²) in [6.45, 7) is 3.44. The van der Waals surface area contributed by atoms with E-state index in [0.29, 0.717) is 5.56 Å². The van der Waals surface area contributed by atoms with Gasteiger partial charge in [0.05, 0.1) is 6.54 Å². The fourth-order valence-corrected chi connectivity index (χ4v) is 1.64. The predicted octanol–water partition coefficient (Wildman–Crippen LogP) is 1.13. The van der Waals surface area contributed by atoms with Crippen LogP contribution in [0.3, 0.4) is 0 Å². The van der Waals surface area contributed by atoms with Crippen LogP contribution in [0.5, 0.6) is 0 Å². The first kappa shape index (κ1) is 15.6. The lowest BCUT2D eigenvalue weighted by Crippen LogP contribution is -2.39. The Balaban J connectivity index is 1.97. The fraction of sp³-hybridized carbons (Fsp3) is 0.286. The highest BCUT2D eigenvalue weighted by molar-refractivity contribution is 5.93. The van der Waals surface area contributed by atoms with Crippen molar-refractivity contribution in [3.63, 3.8) is 0 Å². The first-order valence-electron chi connectivity index (χ1n) is 6.63. The van der Waals surface area contributed by atoms with Gasteiger partial charge in [-0.25, -0.2) is 4.39 Å². The summed E-state index contributed by atoms with van der Waals surface area (Å²) in [4.78, 5) is 27.1. The molecule has 0 bridgehead atoms. The van der Waals surface area contributed by atoms with Crippen LogP contribution >= 0.6 is 0 Å². The molecule has 2 aromatic rings. The van der Waals surface area contributed by atoms with Gasteiger partial charge in [-0.15, -0.1) is 0 Å². The average Bonchev–Trinajstić information content (AvgIpc) is 2.94. The topological polar surface area (TPSA) is 97.1 Å². The molecule has 1 aromatic carbocycles. The van der Waals surface area contributed by atoms with E-state index in [1.165, 1.54) is 24.3 Å². The summed E-state index contributed by atoms with van der Waals surface area (Å²) in [7, 11) is 0. The summed E-state index contributed by atoms with van der Waals surface area (Å²) < 4.78 is 17.7. The van der Waals surface area contributed by atoms with Crippen LogP contribution in [0.15, 0.2) is 28.8 Å². The zero-order valence-corrected chi connectivity index (χ0v) is 12.1. The Bertz CT molecular complexity index is 667. The van der Waals surface area contributed by atoms with Crippen LogP contribution in [-0.2, 0) is 4.79 Å². The number of rotatable bonds is 5. The van der Waals surface area contributed by atoms with Crippen LogP contribution in [0, 0.1) is 5.82 Å². The fourth-order valence-electron chi connectivity index (χ4n) is 1.64. The maximum absolute atomic E-state index is 12.8. The Morgan fingerprint density at radius 3 is 2.59 bits per heavy atom. The second-order valence-electron chi connectivity index (χ2n) is 4.83. The highest BCUT2D eigenvalue weighted by Gasteiger charge is 2.17. The van der Waals surface area contributed by atoms with Gasteiger partial charge in [0.25, 0.3) is 0 Å². The van der Waals surface area contributed by atoms with Gasteiger partial charge in [0, 0.05) is 11.6 Å². The van der Waals surface area contributed by atoms with Crippen LogP contribution in [0.2, 0.25) is 0 Å². The van der Waals surface area contributed by atoms with E-state index < -0.39 is 5.91 Å². The Morgan fingerprint density at radius 2 is 1.95 bits per heavy atom. The molecule has 2 amide bonds. The van der Waals surface area contributed by atoms with Gasteiger partial charge in [0.15, 0.2) is 0 Å². The number of amides is 2. The Labute approximate surface area is 125 Å². The summed E-state index contributed by atoms with van der Waals surface area (Å²) in [6, 6.07) is 5.43. The first-order chi connectivity index (χ1) is 10.5. The van der Waals surface area contributed by atoms with E-state index in [4.69, 9.17) is 4.52 Å². The molecular weight excluding hydrogens is 291 g/mol. The molecule has 0 aliphatic heterocycles. The highest BCUT2D eigenvalue weighted by Crippen LogP contribution is 2.15. The number of halogens is 1. The van der Waals surface area contributed by atoms with Gasteiger partial charge < -0.3 is 15.2 Å². The third kappa shape index (κ3) is 4.11. The van der Waals surface area contributed by atoms with Gasteiger partial charge >= 0.3 is 11.8 Å². The Morgan fingerprint density at radius 1 is 1.27 bits per heavy atom. The quantitative estimate of drug-likeness (QED) is 0.863. The standard InChI is InChI=1S/C14H15FN4O3/c1-8(2)17-11(20)7-16-13(21)14-18-12(19-22-14)9-3-5-10(15)6-4-9/h3-6,8H,7H2,1-2H3,(H,16,21)(H,17,20). The Hall–Kier alpha value is -2.77. The average molecular weight is 306 g/mol. The molecule has 0 saturated heterocycles. The summed E-state index contributed by atoms with van der Waals surface area (Å²) >= 11 is 0. The number of aromatic nitrogens is 2. The molecule has 0 atom stereocenters.